The normalized spacial score (nSPS) is 15.8. The van der Waals surface area contributed by atoms with Gasteiger partial charge in [-0.25, -0.2) is 54.2 Å². The van der Waals surface area contributed by atoms with Gasteiger partial charge in [0.05, 0.1) is 28.5 Å². The van der Waals surface area contributed by atoms with Crippen LogP contribution in [0.5, 0.6) is 0 Å². The molecule has 0 saturated carbocycles. The third-order valence-electron chi connectivity index (χ3n) is 25.2. The molecule has 0 bridgehead atoms. The van der Waals surface area contributed by atoms with Gasteiger partial charge in [-0.2, -0.15) is 0 Å². The lowest BCUT2D eigenvalue weighted by atomic mass is 9.97. The first-order chi connectivity index (χ1) is 67.5. The number of nitrogens with zero attached hydrogens (tertiary/aromatic N) is 14. The van der Waals surface area contributed by atoms with Crippen molar-refractivity contribution in [3.63, 3.8) is 0 Å². The Labute approximate surface area is 820 Å². The minimum atomic E-state index is -0.248. The highest BCUT2D eigenvalue weighted by molar-refractivity contribution is 5.74. The zero-order valence-electron chi connectivity index (χ0n) is 80.5. The first kappa shape index (κ1) is 99.0. The van der Waals surface area contributed by atoms with Gasteiger partial charge in [0, 0.05) is 215 Å². The zero-order valence-corrected chi connectivity index (χ0v) is 80.5. The molecule has 0 amide bonds. The quantitative estimate of drug-likeness (QED) is 0.0270. The van der Waals surface area contributed by atoms with E-state index in [1.807, 2.05) is 166 Å². The monoisotopic (exact) mass is 1860 g/mol. The summed E-state index contributed by atoms with van der Waals surface area (Å²) in [5.74, 6) is 10.2. The molecule has 5 fully saturated rings. The van der Waals surface area contributed by atoms with Gasteiger partial charge in [-0.15, -0.1) is 0 Å². The van der Waals surface area contributed by atoms with Crippen LogP contribution in [0.1, 0.15) is 130 Å². The average Bonchev–Trinajstić information content (AvgIpc) is 0.826. The lowest BCUT2D eigenvalue weighted by Crippen LogP contribution is -2.29. The van der Waals surface area contributed by atoms with Crippen LogP contribution < -0.4 is 72.8 Å². The highest BCUT2D eigenvalue weighted by Gasteiger charge is 2.27. The molecular weight excluding hydrogens is 1720 g/mol. The van der Waals surface area contributed by atoms with Gasteiger partial charge in [0.1, 0.15) is 64.0 Å². The van der Waals surface area contributed by atoms with E-state index in [0.717, 1.165) is 278 Å². The maximum atomic E-state index is 13.3. The Kier molecular flexibility index (Phi) is 35.6. The van der Waals surface area contributed by atoms with Crippen LogP contribution in [0.15, 0.2) is 303 Å². The summed E-state index contributed by atoms with van der Waals surface area (Å²) in [6.45, 7) is 10.1. The zero-order chi connectivity index (χ0) is 95.2. The second kappa shape index (κ2) is 50.0. The van der Waals surface area contributed by atoms with Crippen LogP contribution >= 0.6 is 0 Å². The van der Waals surface area contributed by atoms with Crippen molar-refractivity contribution < 1.29 is 4.39 Å². The Morgan fingerprint density at radius 3 is 0.755 bits per heavy atom. The molecule has 5 aliphatic rings. The molecule has 24 nitrogen and oxygen atoms in total. The number of aromatic nitrogens is 10. The van der Waals surface area contributed by atoms with Crippen LogP contribution in [-0.4, -0.2) is 172 Å². The van der Waals surface area contributed by atoms with Crippen LogP contribution in [0.4, 0.5) is 84.7 Å². The summed E-state index contributed by atoms with van der Waals surface area (Å²) in [4.78, 5) is 57.1. The van der Waals surface area contributed by atoms with Crippen molar-refractivity contribution >= 4 is 80.3 Å². The average molecular weight is 1860 g/mol. The standard InChI is InChI=1S/4C23H27N5.C21H21FN4.CH4/c1-28(2)20-12-6-11-19(14-20)25-22-15-21(17-8-4-3-5-9-17)26-23(27-22)18-10-7-13-24-16-18;1-28(2)20-12-10-19(11-13-20)25-22-15-21(17-7-4-3-5-8-17)26-23(27-22)18-9-6-14-24-16-18;1-28(2)20-10-6-9-19(15-20)25-22-16-21(17-7-4-3-5-8-17)26-23(27-22)18-11-13-24-14-12-18;1-28(2)20-10-8-19(9-11-20)25-22-16-21(17-6-4-3-5-7-17)26-23(27-22)18-12-14-24-15-13-18;22-17-10-8-15(9-11-17)19-13-20(24-18-6-2-1-3-7-18)26-21(25-19)16-5-4-12-23-14-16;/h3-6,8-9,11-12,14-15,18,24H,7,10,13,16H2,1-2H3,(H,25,26,27);3-5,7-8,10-13,15,18,24H,6,9,14,16H2,1-2H3,(H,25,26,27);3-10,15-16,18,24H,11-14H2,1-2H3,(H,25,26,27);3-11,16,18,24H,12-15H2,1-2H3,(H,25,26,27);1-3,6-11,13,16,23H,4-5,12,14H2,(H,24,25,26);1H4. The maximum absolute atomic E-state index is 13.3. The largest absolute Gasteiger partial charge is 0.378 e. The van der Waals surface area contributed by atoms with Crippen LogP contribution in [0.2, 0.25) is 0 Å². The Balaban J connectivity index is 0.000000131. The van der Waals surface area contributed by atoms with Crippen molar-refractivity contribution in [2.24, 2.45) is 0 Å². The molecule has 25 heteroatoms. The minimum Gasteiger partial charge on any atom is -0.378 e. The summed E-state index contributed by atoms with van der Waals surface area (Å²) in [7, 11) is 16.4. The molecule has 0 aliphatic carbocycles. The fourth-order valence-corrected chi connectivity index (χ4v) is 17.4. The van der Waals surface area contributed by atoms with Gasteiger partial charge >= 0.3 is 0 Å². The van der Waals surface area contributed by atoms with Crippen molar-refractivity contribution in [3.05, 3.63) is 338 Å². The summed E-state index contributed by atoms with van der Waals surface area (Å²) in [6, 6.07) is 101. The smallest absolute Gasteiger partial charge is 0.135 e. The summed E-state index contributed by atoms with van der Waals surface area (Å²) in [5.41, 5.74) is 19.7. The molecule has 0 radical (unpaired) electrons. The Morgan fingerprint density at radius 2 is 0.482 bits per heavy atom. The molecule has 10 N–H and O–H groups in total. The van der Waals surface area contributed by atoms with Gasteiger partial charge in [0.2, 0.25) is 0 Å². The van der Waals surface area contributed by atoms with E-state index in [1.54, 1.807) is 12.1 Å². The van der Waals surface area contributed by atoms with Crippen LogP contribution in [0.3, 0.4) is 0 Å². The third-order valence-corrected chi connectivity index (χ3v) is 25.2. The lowest BCUT2D eigenvalue weighted by molar-refractivity contribution is 0.445. The molecule has 15 aromatic rings. The summed E-state index contributed by atoms with van der Waals surface area (Å²) in [6.07, 6.45) is 11.1. The van der Waals surface area contributed by atoms with Crippen molar-refractivity contribution in [2.75, 3.05) is 168 Å². The number of rotatable bonds is 24. The molecule has 3 unspecified atom stereocenters. The molecule has 5 aromatic heterocycles. The van der Waals surface area contributed by atoms with Gasteiger partial charge < -0.3 is 72.8 Å². The van der Waals surface area contributed by atoms with Gasteiger partial charge in [0.15, 0.2) is 0 Å². The number of benzene rings is 10. The van der Waals surface area contributed by atoms with Gasteiger partial charge in [-0.1, -0.05) is 159 Å². The van der Waals surface area contributed by atoms with E-state index in [-0.39, 0.29) is 13.2 Å². The molecule has 10 heterocycles. The molecule has 20 rings (SSSR count). The number of anilines is 14. The Morgan fingerprint density at radius 1 is 0.230 bits per heavy atom. The fourth-order valence-electron chi connectivity index (χ4n) is 17.4. The number of nitrogens with one attached hydrogen (secondary N) is 10. The predicted octanol–water partition coefficient (Wildman–Crippen LogP) is 22.8. The van der Waals surface area contributed by atoms with Crippen molar-refractivity contribution in [3.8, 4) is 56.3 Å². The number of hydrogen-bond donors (Lipinski definition) is 10. The van der Waals surface area contributed by atoms with Crippen molar-refractivity contribution in [1.82, 2.24) is 76.4 Å². The number of piperidine rings is 5. The van der Waals surface area contributed by atoms with Crippen LogP contribution in [0, 0.1) is 5.82 Å². The van der Waals surface area contributed by atoms with Crippen LogP contribution in [0.25, 0.3) is 56.3 Å². The van der Waals surface area contributed by atoms with E-state index in [9.17, 15) is 4.39 Å². The van der Waals surface area contributed by atoms with E-state index < -0.39 is 0 Å². The second-order valence-electron chi connectivity index (χ2n) is 36.4. The molecule has 5 saturated heterocycles. The molecule has 3 atom stereocenters. The van der Waals surface area contributed by atoms with Crippen molar-refractivity contribution in [1.29, 1.82) is 0 Å². The molecule has 10 aromatic carbocycles. The summed E-state index contributed by atoms with van der Waals surface area (Å²) < 4.78 is 13.3. The summed E-state index contributed by atoms with van der Waals surface area (Å²) in [5, 5.41) is 34.5. The molecule has 5 aliphatic heterocycles. The lowest BCUT2D eigenvalue weighted by Gasteiger charge is -2.22. The van der Waals surface area contributed by atoms with Gasteiger partial charge in [-0.3, -0.25) is 0 Å². The van der Waals surface area contributed by atoms with Gasteiger partial charge in [0.25, 0.3) is 0 Å². The fraction of sp³-hybridized carbons (Fsp3) is 0.298. The van der Waals surface area contributed by atoms with E-state index in [1.165, 1.54) is 29.9 Å². The minimum absolute atomic E-state index is 0. The molecule has 716 valence electrons. The van der Waals surface area contributed by atoms with Crippen molar-refractivity contribution in [2.45, 2.75) is 101 Å². The van der Waals surface area contributed by atoms with E-state index in [0.29, 0.717) is 29.6 Å². The van der Waals surface area contributed by atoms with E-state index in [4.69, 9.17) is 49.8 Å². The van der Waals surface area contributed by atoms with Gasteiger partial charge in [-0.05, 0) is 231 Å². The number of hydrogen-bond acceptors (Lipinski definition) is 24. The second-order valence-corrected chi connectivity index (χ2v) is 36.4. The number of halogens is 1. The first-order valence-corrected chi connectivity index (χ1v) is 48.5. The predicted molar refractivity (Wildman–Crippen MR) is 574 cm³/mol. The Hall–Kier alpha value is -14.5. The topological polar surface area (TPSA) is 262 Å². The van der Waals surface area contributed by atoms with E-state index >= 15 is 0 Å². The summed E-state index contributed by atoms with van der Waals surface area (Å²) >= 11 is 0. The van der Waals surface area contributed by atoms with Crippen LogP contribution in [-0.2, 0) is 0 Å². The first-order valence-electron chi connectivity index (χ1n) is 48.5. The van der Waals surface area contributed by atoms with E-state index in [2.05, 4.69) is 243 Å². The highest BCUT2D eigenvalue weighted by Crippen LogP contribution is 2.37. The maximum Gasteiger partial charge on any atom is 0.135 e. The number of para-hydroxylation sites is 1. The third kappa shape index (κ3) is 28.8. The SMILES string of the molecule is C.CN(C)c1ccc(Nc2cc(-c3ccccc3)nc(C3CCCNC3)n2)cc1.CN(C)c1ccc(Nc2cc(-c3ccccc3)nc(C3CCNCC3)n2)cc1.CN(C)c1cccc(Nc2cc(-c3ccccc3)nc(C3CCCNC3)n2)c1.CN(C)c1cccc(Nc2cc(-c3ccccc3)nc(C3CCNCC3)n2)c1.Fc1ccc(-c2cc(Nc3ccccc3)nc(C3CCCNC3)n2)cc1. The Bertz CT molecular complexity index is 5970. The highest BCUT2D eigenvalue weighted by atomic mass is 19.1. The molecular formula is C114H133FN24. The molecule has 0 spiro atoms. The molecule has 139 heavy (non-hydrogen) atoms.